The number of hydrogen-bond acceptors (Lipinski definition) is 2. The third kappa shape index (κ3) is 1.94. The zero-order valence-corrected chi connectivity index (χ0v) is 12.9. The largest absolute Gasteiger partial charge is 0.368 e. The van der Waals surface area contributed by atoms with Crippen molar-refractivity contribution in [1.29, 1.82) is 0 Å². The number of H-pyrrole nitrogens is 1. The van der Waals surface area contributed by atoms with E-state index >= 15 is 0 Å². The van der Waals surface area contributed by atoms with Gasteiger partial charge >= 0.3 is 11.9 Å². The summed E-state index contributed by atoms with van der Waals surface area (Å²) in [4.78, 5) is 6.52. The number of fused-ring (bicyclic) bond motifs is 3. The second-order valence-electron chi connectivity index (χ2n) is 5.08. The maximum Gasteiger partial charge on any atom is 0.368 e. The van der Waals surface area contributed by atoms with Gasteiger partial charge in [-0.05, 0) is 24.3 Å². The maximum atomic E-state index is 6.38. The minimum atomic E-state index is -0.298. The van der Waals surface area contributed by atoms with Crippen LogP contribution < -0.4 is 20.6 Å². The van der Waals surface area contributed by atoms with Crippen molar-refractivity contribution in [1.82, 2.24) is 4.98 Å². The van der Waals surface area contributed by atoms with E-state index in [0.29, 0.717) is 16.0 Å². The predicted molar refractivity (Wildman–Crippen MR) is 86.9 cm³/mol. The van der Waals surface area contributed by atoms with Crippen molar-refractivity contribution in [2.45, 2.75) is 6.17 Å². The molecule has 4 rings (SSSR count). The molecule has 5 N–H and O–H groups in total. The van der Waals surface area contributed by atoms with E-state index < -0.39 is 0 Å². The van der Waals surface area contributed by atoms with Crippen molar-refractivity contribution >= 4 is 46.1 Å². The van der Waals surface area contributed by atoms with Crippen LogP contribution in [0, 0.1) is 0 Å². The highest BCUT2D eigenvalue weighted by Gasteiger charge is 2.34. The quantitative estimate of drug-likeness (QED) is 0.504. The minimum Gasteiger partial charge on any atom is -0.290 e. The number of hydrogen-bond donors (Lipinski definition) is 4. The number of guanidine groups is 1. The number of imidazole rings is 1. The second-order valence-corrected chi connectivity index (χ2v) is 5.90. The zero-order valence-electron chi connectivity index (χ0n) is 11.4. The molecule has 0 unspecified atom stereocenters. The number of benzene rings is 2. The summed E-state index contributed by atoms with van der Waals surface area (Å²) < 4.78 is 2.05. The summed E-state index contributed by atoms with van der Waals surface area (Å²) in [7, 11) is 0. The molecule has 2 heterocycles. The van der Waals surface area contributed by atoms with E-state index in [1.807, 2.05) is 42.5 Å². The van der Waals surface area contributed by atoms with Crippen LogP contribution in [-0.2, 0) is 0 Å². The average Bonchev–Trinajstić information content (AvgIpc) is 2.84. The van der Waals surface area contributed by atoms with Crippen LogP contribution in [0.15, 0.2) is 42.5 Å². The molecule has 5 nitrogen and oxygen atoms in total. The third-order valence-corrected chi connectivity index (χ3v) is 4.39. The summed E-state index contributed by atoms with van der Waals surface area (Å²) >= 11 is 12.8. The van der Waals surface area contributed by atoms with Crippen LogP contribution in [0.25, 0.3) is 11.0 Å². The number of anilines is 1. The van der Waals surface area contributed by atoms with E-state index in [0.717, 1.165) is 22.5 Å². The highest BCUT2D eigenvalue weighted by atomic mass is 35.5. The van der Waals surface area contributed by atoms with Crippen LogP contribution in [0.4, 0.5) is 5.95 Å². The Morgan fingerprint density at radius 3 is 2.55 bits per heavy atom. The third-order valence-electron chi connectivity index (χ3n) is 3.73. The lowest BCUT2D eigenvalue weighted by molar-refractivity contribution is -0.840. The second kappa shape index (κ2) is 4.90. The van der Waals surface area contributed by atoms with Crippen molar-refractivity contribution < 1.29 is 9.56 Å². The summed E-state index contributed by atoms with van der Waals surface area (Å²) in [5.41, 5.74) is 8.77. The standard InChI is InChI=1S/C15H11Cl2N5/c16-8-4-3-5-9(17)12(8)13-20-14(18)21-15-19-10-6-1-2-7-11(10)22(13)15/h1-7,13H,(H3,18,19,20,21)/p+2/t13-/m1/s1. The number of rotatable bonds is 1. The summed E-state index contributed by atoms with van der Waals surface area (Å²) in [6.45, 7) is 0. The average molecular weight is 334 g/mol. The first-order valence-corrected chi connectivity index (χ1v) is 7.53. The lowest BCUT2D eigenvalue weighted by Crippen LogP contribution is -2.88. The number of nitrogens with zero attached hydrogens (tertiary/aromatic N) is 1. The monoisotopic (exact) mass is 333 g/mol. The lowest BCUT2D eigenvalue weighted by Gasteiger charge is -2.18. The number of halogens is 2. The Hall–Kier alpha value is -2.24. The molecule has 0 saturated heterocycles. The molecule has 110 valence electrons. The Kier molecular flexibility index (Phi) is 2.99. The van der Waals surface area contributed by atoms with Gasteiger partial charge in [0.05, 0.1) is 15.6 Å². The van der Waals surface area contributed by atoms with Gasteiger partial charge in [-0.1, -0.05) is 41.4 Å². The van der Waals surface area contributed by atoms with Crippen molar-refractivity contribution in [3.05, 3.63) is 58.1 Å². The topological polar surface area (TPSA) is 71.7 Å². The van der Waals surface area contributed by atoms with Crippen LogP contribution in [0.3, 0.4) is 0 Å². The van der Waals surface area contributed by atoms with Gasteiger partial charge in [-0.3, -0.25) is 5.73 Å². The Morgan fingerprint density at radius 1 is 1.05 bits per heavy atom. The first-order valence-electron chi connectivity index (χ1n) is 6.77. The molecule has 2 aromatic carbocycles. The molecule has 0 amide bonds. The maximum absolute atomic E-state index is 6.38. The molecule has 1 atom stereocenters. The van der Waals surface area contributed by atoms with E-state index in [9.17, 15) is 0 Å². The molecular formula is C15H13Cl2N5+2. The summed E-state index contributed by atoms with van der Waals surface area (Å²) in [5.74, 6) is 1.21. The number of nitrogens with one attached hydrogen (secondary N) is 3. The molecule has 0 saturated carbocycles. The Balaban J connectivity index is 2.03. The van der Waals surface area contributed by atoms with Gasteiger partial charge in [-0.25, -0.2) is 9.98 Å². The predicted octanol–water partition coefficient (Wildman–Crippen LogP) is 1.13. The molecule has 22 heavy (non-hydrogen) atoms. The Labute approximate surface area is 136 Å². The van der Waals surface area contributed by atoms with Gasteiger partial charge in [-0.2, -0.15) is 9.88 Å². The van der Waals surface area contributed by atoms with Gasteiger partial charge in [0.15, 0.2) is 0 Å². The van der Waals surface area contributed by atoms with E-state index in [1.54, 1.807) is 0 Å². The fourth-order valence-electron chi connectivity index (χ4n) is 2.81. The molecular weight excluding hydrogens is 321 g/mol. The van der Waals surface area contributed by atoms with E-state index in [1.165, 1.54) is 0 Å². The number of aromatic nitrogens is 2. The number of nitrogens with two attached hydrogens (primary N) is 1. The van der Waals surface area contributed by atoms with Gasteiger partial charge in [0.1, 0.15) is 11.0 Å². The van der Waals surface area contributed by atoms with Crippen LogP contribution >= 0.6 is 23.2 Å². The zero-order chi connectivity index (χ0) is 15.3. The first-order chi connectivity index (χ1) is 10.6. The molecule has 1 aromatic heterocycles. The molecule has 7 heteroatoms. The molecule has 0 spiro atoms. The van der Waals surface area contributed by atoms with Crippen LogP contribution in [0.5, 0.6) is 0 Å². The van der Waals surface area contributed by atoms with Crippen molar-refractivity contribution in [2.75, 3.05) is 5.32 Å². The van der Waals surface area contributed by atoms with Crippen LogP contribution in [-0.4, -0.2) is 10.9 Å². The normalized spacial score (nSPS) is 17.0. The van der Waals surface area contributed by atoms with Crippen molar-refractivity contribution in [2.24, 2.45) is 5.73 Å². The molecule has 0 radical (unpaired) electrons. The molecule has 3 aromatic rings. The number of para-hydroxylation sites is 2. The van der Waals surface area contributed by atoms with Gasteiger partial charge in [0, 0.05) is 0 Å². The number of aromatic amines is 1. The lowest BCUT2D eigenvalue weighted by atomic mass is 10.1. The van der Waals surface area contributed by atoms with E-state index in [-0.39, 0.29) is 6.17 Å². The summed E-state index contributed by atoms with van der Waals surface area (Å²) in [6, 6.07) is 13.4. The molecule has 0 aliphatic carbocycles. The van der Waals surface area contributed by atoms with Gasteiger partial charge in [0.2, 0.25) is 6.17 Å². The van der Waals surface area contributed by atoms with Crippen LogP contribution in [0.2, 0.25) is 10.0 Å². The molecule has 0 fully saturated rings. The fourth-order valence-corrected chi connectivity index (χ4v) is 3.41. The van der Waals surface area contributed by atoms with Gasteiger partial charge < -0.3 is 0 Å². The van der Waals surface area contributed by atoms with Gasteiger partial charge in [-0.15, -0.1) is 0 Å². The summed E-state index contributed by atoms with van der Waals surface area (Å²) in [6.07, 6.45) is -0.298. The SMILES string of the molecule is NC1=[NH+][C@@H](c2c(Cl)cccc2Cl)[n+]2c([nH]c3ccccc32)N1. The van der Waals surface area contributed by atoms with E-state index in [2.05, 4.69) is 19.9 Å². The van der Waals surface area contributed by atoms with Gasteiger partial charge in [0.25, 0.3) is 0 Å². The summed E-state index contributed by atoms with van der Waals surface area (Å²) in [5, 5.41) is 4.27. The first kappa shape index (κ1) is 13.4. The molecule has 0 bridgehead atoms. The Bertz CT molecular complexity index is 895. The molecule has 1 aliphatic heterocycles. The fraction of sp³-hybridized carbons (Fsp3) is 0.0667. The Morgan fingerprint density at radius 2 is 1.77 bits per heavy atom. The highest BCUT2D eigenvalue weighted by Crippen LogP contribution is 2.29. The van der Waals surface area contributed by atoms with Crippen LogP contribution in [0.1, 0.15) is 11.7 Å². The highest BCUT2D eigenvalue weighted by molar-refractivity contribution is 6.36. The minimum absolute atomic E-state index is 0.298. The molecule has 1 aliphatic rings. The smallest absolute Gasteiger partial charge is 0.290 e. The van der Waals surface area contributed by atoms with Crippen molar-refractivity contribution in [3.63, 3.8) is 0 Å². The van der Waals surface area contributed by atoms with Crippen molar-refractivity contribution in [3.8, 4) is 0 Å². The van der Waals surface area contributed by atoms with E-state index in [4.69, 9.17) is 28.9 Å².